The number of nitrogens with zero attached hydrogens (tertiary/aromatic N) is 6. The summed E-state index contributed by atoms with van der Waals surface area (Å²) >= 11 is 6.06. The number of halogens is 2. The standard InChI is InChI=1S/C18H22ClN7.HI/c1-20-18(25(3)11-17-8-15(19)10-24(17)2)22-9-14-5-4-6-16(7-14)26-13-21-12-23-26;/h4-8,10,12-13H,9,11H2,1-3H3,(H,20,22);1H. The molecule has 1 N–H and O–H groups in total. The number of aromatic nitrogens is 4. The average Bonchev–Trinajstić information content (AvgIpc) is 3.26. The van der Waals surface area contributed by atoms with Gasteiger partial charge in [0.15, 0.2) is 5.96 Å². The molecule has 2 heterocycles. The minimum atomic E-state index is 0. The van der Waals surface area contributed by atoms with Gasteiger partial charge < -0.3 is 14.8 Å². The Labute approximate surface area is 181 Å². The molecular weight excluding hydrogens is 477 g/mol. The lowest BCUT2D eigenvalue weighted by atomic mass is 10.2. The Morgan fingerprint density at radius 1 is 1.33 bits per heavy atom. The normalized spacial score (nSPS) is 11.2. The molecule has 27 heavy (non-hydrogen) atoms. The van der Waals surface area contributed by atoms with Crippen LogP contribution in [-0.2, 0) is 20.1 Å². The molecule has 0 atom stereocenters. The van der Waals surface area contributed by atoms with E-state index < -0.39 is 0 Å². The molecular formula is C18H23ClIN7. The summed E-state index contributed by atoms with van der Waals surface area (Å²) in [6.07, 6.45) is 5.11. The lowest BCUT2D eigenvalue weighted by Crippen LogP contribution is -2.38. The number of benzene rings is 1. The van der Waals surface area contributed by atoms with Crippen molar-refractivity contribution < 1.29 is 0 Å². The van der Waals surface area contributed by atoms with Crippen molar-refractivity contribution in [1.29, 1.82) is 0 Å². The molecule has 0 saturated carbocycles. The second-order valence-corrected chi connectivity index (χ2v) is 6.46. The van der Waals surface area contributed by atoms with Gasteiger partial charge in [0.1, 0.15) is 12.7 Å². The summed E-state index contributed by atoms with van der Waals surface area (Å²) in [5.74, 6) is 0.813. The minimum Gasteiger partial charge on any atom is -0.352 e. The molecule has 9 heteroatoms. The number of hydrogen-bond donors (Lipinski definition) is 1. The van der Waals surface area contributed by atoms with E-state index >= 15 is 0 Å². The van der Waals surface area contributed by atoms with Crippen molar-refractivity contribution in [3.05, 3.63) is 65.5 Å². The van der Waals surface area contributed by atoms with E-state index in [1.807, 2.05) is 43.1 Å². The number of aliphatic imine (C=N–C) groups is 1. The van der Waals surface area contributed by atoms with Gasteiger partial charge in [-0.15, -0.1) is 24.0 Å². The van der Waals surface area contributed by atoms with Gasteiger partial charge in [0.2, 0.25) is 0 Å². The summed E-state index contributed by atoms with van der Waals surface area (Å²) < 4.78 is 3.76. The molecule has 3 aromatic rings. The lowest BCUT2D eigenvalue weighted by molar-refractivity contribution is 0.461. The number of aryl methyl sites for hydroxylation is 1. The molecule has 0 spiro atoms. The van der Waals surface area contributed by atoms with Crippen molar-refractivity contribution in [2.45, 2.75) is 13.1 Å². The van der Waals surface area contributed by atoms with Gasteiger partial charge >= 0.3 is 0 Å². The highest BCUT2D eigenvalue weighted by Gasteiger charge is 2.10. The molecule has 0 unspecified atom stereocenters. The van der Waals surface area contributed by atoms with Crippen LogP contribution in [0.5, 0.6) is 0 Å². The SMILES string of the molecule is CN=C(NCc1cccc(-n2cncn2)c1)N(C)Cc1cc(Cl)cn1C.I. The van der Waals surface area contributed by atoms with E-state index in [4.69, 9.17) is 11.6 Å². The highest BCUT2D eigenvalue weighted by Crippen LogP contribution is 2.14. The predicted molar refractivity (Wildman–Crippen MR) is 119 cm³/mol. The molecule has 2 aromatic heterocycles. The highest BCUT2D eigenvalue weighted by molar-refractivity contribution is 14.0. The van der Waals surface area contributed by atoms with E-state index in [-0.39, 0.29) is 24.0 Å². The molecule has 3 rings (SSSR count). The molecule has 0 aliphatic rings. The van der Waals surface area contributed by atoms with Gasteiger partial charge in [-0.25, -0.2) is 9.67 Å². The molecule has 0 aliphatic heterocycles. The number of nitrogens with one attached hydrogen (secondary N) is 1. The van der Waals surface area contributed by atoms with Crippen LogP contribution in [0.4, 0.5) is 0 Å². The van der Waals surface area contributed by atoms with Crippen LogP contribution >= 0.6 is 35.6 Å². The van der Waals surface area contributed by atoms with Gasteiger partial charge in [-0.3, -0.25) is 4.99 Å². The quantitative estimate of drug-likeness (QED) is 0.333. The zero-order chi connectivity index (χ0) is 18.5. The molecule has 0 aliphatic carbocycles. The van der Waals surface area contributed by atoms with Crippen molar-refractivity contribution in [1.82, 2.24) is 29.5 Å². The summed E-state index contributed by atoms with van der Waals surface area (Å²) in [6.45, 7) is 1.37. The molecule has 0 amide bonds. The number of guanidine groups is 1. The van der Waals surface area contributed by atoms with Crippen molar-refractivity contribution >= 4 is 41.5 Å². The summed E-state index contributed by atoms with van der Waals surface area (Å²) in [5, 5.41) is 8.30. The predicted octanol–water partition coefficient (Wildman–Crippen LogP) is 3.08. The zero-order valence-corrected chi connectivity index (χ0v) is 18.6. The second-order valence-electron chi connectivity index (χ2n) is 6.03. The third kappa shape index (κ3) is 5.46. The van der Waals surface area contributed by atoms with E-state index in [1.54, 1.807) is 18.1 Å². The van der Waals surface area contributed by atoms with Gasteiger partial charge in [-0.05, 0) is 23.8 Å². The summed E-state index contributed by atoms with van der Waals surface area (Å²) in [6, 6.07) is 10.1. The Morgan fingerprint density at radius 2 is 2.15 bits per heavy atom. The number of hydrogen-bond acceptors (Lipinski definition) is 3. The number of rotatable bonds is 5. The maximum atomic E-state index is 6.06. The smallest absolute Gasteiger partial charge is 0.194 e. The Kier molecular flexibility index (Phi) is 7.66. The largest absolute Gasteiger partial charge is 0.352 e. The zero-order valence-electron chi connectivity index (χ0n) is 15.5. The maximum Gasteiger partial charge on any atom is 0.194 e. The Morgan fingerprint density at radius 3 is 2.78 bits per heavy atom. The molecule has 0 radical (unpaired) electrons. The fraction of sp³-hybridized carbons (Fsp3) is 0.278. The van der Waals surface area contributed by atoms with E-state index in [0.29, 0.717) is 13.1 Å². The fourth-order valence-corrected chi connectivity index (χ4v) is 3.03. The third-order valence-electron chi connectivity index (χ3n) is 4.09. The third-order valence-corrected chi connectivity index (χ3v) is 4.30. The first kappa shape index (κ1) is 21.2. The first-order chi connectivity index (χ1) is 12.6. The summed E-state index contributed by atoms with van der Waals surface area (Å²) in [7, 11) is 5.77. The van der Waals surface area contributed by atoms with E-state index in [9.17, 15) is 0 Å². The van der Waals surface area contributed by atoms with Gasteiger partial charge in [0, 0.05) is 39.6 Å². The van der Waals surface area contributed by atoms with Gasteiger partial charge in [-0.2, -0.15) is 5.10 Å². The average molecular weight is 500 g/mol. The van der Waals surface area contributed by atoms with Crippen molar-refractivity contribution in [2.24, 2.45) is 12.0 Å². The minimum absolute atomic E-state index is 0. The fourth-order valence-electron chi connectivity index (χ4n) is 2.76. The van der Waals surface area contributed by atoms with Crippen LogP contribution in [0.15, 0.2) is 54.2 Å². The van der Waals surface area contributed by atoms with Crippen LogP contribution < -0.4 is 5.32 Å². The first-order valence-corrected chi connectivity index (χ1v) is 8.61. The van der Waals surface area contributed by atoms with E-state index in [0.717, 1.165) is 27.9 Å². The van der Waals surface area contributed by atoms with Gasteiger partial charge in [0.05, 0.1) is 17.3 Å². The van der Waals surface area contributed by atoms with Crippen molar-refractivity contribution in [2.75, 3.05) is 14.1 Å². The Balaban J connectivity index is 0.00000261. The van der Waals surface area contributed by atoms with Gasteiger partial charge in [0.25, 0.3) is 0 Å². The molecule has 0 saturated heterocycles. The van der Waals surface area contributed by atoms with Crippen LogP contribution in [0.1, 0.15) is 11.3 Å². The van der Waals surface area contributed by atoms with E-state index in [2.05, 4.69) is 37.4 Å². The second kappa shape index (κ2) is 9.75. The van der Waals surface area contributed by atoms with Crippen LogP contribution in [0, 0.1) is 0 Å². The summed E-state index contributed by atoms with van der Waals surface area (Å²) in [4.78, 5) is 10.4. The Bertz CT molecular complexity index is 889. The molecule has 0 fully saturated rings. The monoisotopic (exact) mass is 499 g/mol. The molecule has 7 nitrogen and oxygen atoms in total. The van der Waals surface area contributed by atoms with Crippen LogP contribution in [0.3, 0.4) is 0 Å². The van der Waals surface area contributed by atoms with Crippen LogP contribution in [-0.4, -0.2) is 44.3 Å². The van der Waals surface area contributed by atoms with Crippen LogP contribution in [0.2, 0.25) is 5.02 Å². The maximum absolute atomic E-state index is 6.06. The molecule has 0 bridgehead atoms. The lowest BCUT2D eigenvalue weighted by Gasteiger charge is -2.22. The van der Waals surface area contributed by atoms with Crippen molar-refractivity contribution in [3.8, 4) is 5.69 Å². The first-order valence-electron chi connectivity index (χ1n) is 8.23. The summed E-state index contributed by atoms with van der Waals surface area (Å²) in [5.41, 5.74) is 3.23. The Hall–Kier alpha value is -2.07. The van der Waals surface area contributed by atoms with Gasteiger partial charge in [-0.1, -0.05) is 23.7 Å². The van der Waals surface area contributed by atoms with E-state index in [1.165, 1.54) is 6.33 Å². The van der Waals surface area contributed by atoms with Crippen LogP contribution in [0.25, 0.3) is 5.69 Å². The topological polar surface area (TPSA) is 63.3 Å². The van der Waals surface area contributed by atoms with Crippen molar-refractivity contribution in [3.63, 3.8) is 0 Å². The highest BCUT2D eigenvalue weighted by atomic mass is 127. The molecule has 1 aromatic carbocycles. The molecule has 144 valence electrons.